The molecule has 3 aromatic carbocycles. The number of piperidine rings is 1. The molecule has 0 aromatic heterocycles. The Bertz CT molecular complexity index is 1320. The Hall–Kier alpha value is -3.72. The fourth-order valence-corrected chi connectivity index (χ4v) is 6.05. The molecule has 1 N–H and O–H groups in total. The topological polar surface area (TPSA) is 88.2 Å². The highest BCUT2D eigenvalue weighted by atomic mass is 32.2. The molecule has 1 atom stereocenters. The summed E-state index contributed by atoms with van der Waals surface area (Å²) in [7, 11) is -2.43. The molecule has 0 bridgehead atoms. The van der Waals surface area contributed by atoms with Crippen LogP contribution in [0.1, 0.15) is 19.3 Å². The first-order valence-electron chi connectivity index (χ1n) is 12.0. The molecule has 0 aliphatic carbocycles. The molecular formula is C27H29N3O5S. The fourth-order valence-electron chi connectivity index (χ4n) is 4.57. The Balaban J connectivity index is 1.35. The SMILES string of the molecule is COc1ccc(S(=O)(=O)N2CC(C(=O)Nc3ccc(N4CCCCC4)cc3)Oc3ccccc32)cc1. The van der Waals surface area contributed by atoms with E-state index in [0.717, 1.165) is 18.8 Å². The van der Waals surface area contributed by atoms with Gasteiger partial charge < -0.3 is 19.7 Å². The quantitative estimate of drug-likeness (QED) is 0.536. The van der Waals surface area contributed by atoms with Crippen LogP contribution in [0.4, 0.5) is 17.1 Å². The number of para-hydroxylation sites is 2. The van der Waals surface area contributed by atoms with Crippen molar-refractivity contribution in [1.29, 1.82) is 0 Å². The molecule has 188 valence electrons. The third-order valence-electron chi connectivity index (χ3n) is 6.53. The fraction of sp³-hybridized carbons (Fsp3) is 0.296. The third kappa shape index (κ3) is 4.83. The Kier molecular flexibility index (Phi) is 6.73. The molecular weight excluding hydrogens is 478 g/mol. The predicted molar refractivity (Wildman–Crippen MR) is 140 cm³/mol. The number of ether oxygens (including phenoxy) is 2. The Morgan fingerprint density at radius 2 is 1.64 bits per heavy atom. The van der Waals surface area contributed by atoms with Crippen LogP contribution >= 0.6 is 0 Å². The van der Waals surface area contributed by atoms with Crippen LogP contribution < -0.4 is 24.0 Å². The van der Waals surface area contributed by atoms with Gasteiger partial charge in [-0.05, 0) is 79.9 Å². The maximum atomic E-state index is 13.6. The number of amides is 1. The van der Waals surface area contributed by atoms with Gasteiger partial charge in [-0.3, -0.25) is 9.10 Å². The Morgan fingerprint density at radius 3 is 2.33 bits per heavy atom. The van der Waals surface area contributed by atoms with Gasteiger partial charge >= 0.3 is 0 Å². The minimum atomic E-state index is -3.95. The van der Waals surface area contributed by atoms with Crippen LogP contribution in [-0.4, -0.2) is 47.2 Å². The van der Waals surface area contributed by atoms with E-state index in [-0.39, 0.29) is 11.4 Å². The molecule has 2 aliphatic heterocycles. The first-order valence-corrected chi connectivity index (χ1v) is 13.5. The number of hydrogen-bond acceptors (Lipinski definition) is 6. The molecule has 2 heterocycles. The molecule has 3 aromatic rings. The molecule has 5 rings (SSSR count). The van der Waals surface area contributed by atoms with Crippen molar-refractivity contribution in [3.8, 4) is 11.5 Å². The number of hydrogen-bond donors (Lipinski definition) is 1. The summed E-state index contributed by atoms with van der Waals surface area (Å²) < 4.78 is 39.4. The number of anilines is 3. The number of carbonyl (C=O) groups excluding carboxylic acids is 1. The lowest BCUT2D eigenvalue weighted by Crippen LogP contribution is -2.48. The van der Waals surface area contributed by atoms with Crippen molar-refractivity contribution in [2.75, 3.05) is 41.3 Å². The zero-order valence-electron chi connectivity index (χ0n) is 20.1. The lowest BCUT2D eigenvalue weighted by Gasteiger charge is -2.34. The highest BCUT2D eigenvalue weighted by Gasteiger charge is 2.37. The van der Waals surface area contributed by atoms with Crippen LogP contribution in [0.3, 0.4) is 0 Å². The first-order chi connectivity index (χ1) is 17.5. The molecule has 8 nitrogen and oxygen atoms in total. The second-order valence-electron chi connectivity index (χ2n) is 8.87. The van der Waals surface area contributed by atoms with Gasteiger partial charge in [0.1, 0.15) is 11.5 Å². The van der Waals surface area contributed by atoms with Gasteiger partial charge in [0.2, 0.25) is 0 Å². The van der Waals surface area contributed by atoms with Crippen molar-refractivity contribution >= 4 is 33.0 Å². The molecule has 0 saturated carbocycles. The van der Waals surface area contributed by atoms with Crippen molar-refractivity contribution in [3.05, 3.63) is 72.8 Å². The van der Waals surface area contributed by atoms with E-state index < -0.39 is 22.0 Å². The number of fused-ring (bicyclic) bond motifs is 1. The predicted octanol–water partition coefficient (Wildman–Crippen LogP) is 4.28. The van der Waals surface area contributed by atoms with Crippen LogP contribution in [0.15, 0.2) is 77.7 Å². The zero-order chi connectivity index (χ0) is 25.1. The van der Waals surface area contributed by atoms with Gasteiger partial charge in [0.15, 0.2) is 6.10 Å². The second kappa shape index (κ2) is 10.1. The maximum Gasteiger partial charge on any atom is 0.267 e. The second-order valence-corrected chi connectivity index (χ2v) is 10.7. The monoisotopic (exact) mass is 507 g/mol. The summed E-state index contributed by atoms with van der Waals surface area (Å²) in [5.41, 5.74) is 2.16. The highest BCUT2D eigenvalue weighted by Crippen LogP contribution is 2.37. The van der Waals surface area contributed by atoms with Crippen LogP contribution in [-0.2, 0) is 14.8 Å². The largest absolute Gasteiger partial charge is 0.497 e. The minimum absolute atomic E-state index is 0.104. The van der Waals surface area contributed by atoms with Crippen molar-refractivity contribution in [3.63, 3.8) is 0 Å². The summed E-state index contributed by atoms with van der Waals surface area (Å²) in [6, 6.07) is 20.7. The van der Waals surface area contributed by atoms with Gasteiger partial charge in [-0.25, -0.2) is 8.42 Å². The minimum Gasteiger partial charge on any atom is -0.497 e. The van der Waals surface area contributed by atoms with Crippen molar-refractivity contribution in [2.24, 2.45) is 0 Å². The van der Waals surface area contributed by atoms with E-state index in [9.17, 15) is 13.2 Å². The van der Waals surface area contributed by atoms with Crippen LogP contribution in [0.2, 0.25) is 0 Å². The Labute approximate surface area is 211 Å². The summed E-state index contributed by atoms with van der Waals surface area (Å²) in [6.07, 6.45) is 2.62. The van der Waals surface area contributed by atoms with Gasteiger partial charge in [-0.1, -0.05) is 12.1 Å². The van der Waals surface area contributed by atoms with Gasteiger partial charge in [-0.15, -0.1) is 0 Å². The molecule has 9 heteroatoms. The third-order valence-corrected chi connectivity index (χ3v) is 8.32. The lowest BCUT2D eigenvalue weighted by atomic mass is 10.1. The summed E-state index contributed by atoms with van der Waals surface area (Å²) in [5.74, 6) is 0.478. The van der Waals surface area contributed by atoms with Crippen molar-refractivity contribution in [2.45, 2.75) is 30.3 Å². The van der Waals surface area contributed by atoms with E-state index in [1.54, 1.807) is 36.4 Å². The number of methoxy groups -OCH3 is 1. The maximum absolute atomic E-state index is 13.6. The molecule has 1 amide bonds. The molecule has 1 fully saturated rings. The number of sulfonamides is 1. The smallest absolute Gasteiger partial charge is 0.267 e. The summed E-state index contributed by atoms with van der Waals surface area (Å²) in [4.78, 5) is 15.6. The van der Waals surface area contributed by atoms with E-state index in [2.05, 4.69) is 10.2 Å². The van der Waals surface area contributed by atoms with E-state index in [1.165, 1.54) is 42.8 Å². The molecule has 0 radical (unpaired) electrons. The molecule has 1 saturated heterocycles. The number of nitrogens with zero attached hydrogens (tertiary/aromatic N) is 2. The van der Waals surface area contributed by atoms with E-state index in [1.807, 2.05) is 24.3 Å². The van der Waals surface area contributed by atoms with Crippen LogP contribution in [0, 0.1) is 0 Å². The molecule has 0 spiro atoms. The number of rotatable bonds is 6. The number of nitrogens with one attached hydrogen (secondary N) is 1. The summed E-state index contributed by atoms with van der Waals surface area (Å²) >= 11 is 0. The number of benzene rings is 3. The Morgan fingerprint density at radius 1 is 0.944 bits per heavy atom. The van der Waals surface area contributed by atoms with E-state index in [0.29, 0.717) is 22.9 Å². The van der Waals surface area contributed by atoms with Gasteiger partial charge in [0.05, 0.1) is 24.2 Å². The van der Waals surface area contributed by atoms with E-state index in [4.69, 9.17) is 9.47 Å². The van der Waals surface area contributed by atoms with Crippen molar-refractivity contribution in [1.82, 2.24) is 0 Å². The summed E-state index contributed by atoms with van der Waals surface area (Å²) in [6.45, 7) is 1.93. The van der Waals surface area contributed by atoms with Gasteiger partial charge in [-0.2, -0.15) is 0 Å². The normalized spacial score (nSPS) is 17.6. The van der Waals surface area contributed by atoms with Gasteiger partial charge in [0, 0.05) is 24.5 Å². The molecule has 36 heavy (non-hydrogen) atoms. The average Bonchev–Trinajstić information content (AvgIpc) is 2.93. The van der Waals surface area contributed by atoms with Crippen LogP contribution in [0.5, 0.6) is 11.5 Å². The average molecular weight is 508 g/mol. The summed E-state index contributed by atoms with van der Waals surface area (Å²) in [5, 5.41) is 2.88. The van der Waals surface area contributed by atoms with Crippen LogP contribution in [0.25, 0.3) is 0 Å². The molecule has 2 aliphatic rings. The first kappa shape index (κ1) is 24.0. The lowest BCUT2D eigenvalue weighted by molar-refractivity contribution is -0.122. The standard InChI is InChI=1S/C27H29N3O5S/c1-34-22-13-15-23(16-14-22)36(32,33)30-19-26(35-25-8-4-3-7-24(25)30)27(31)28-20-9-11-21(12-10-20)29-17-5-2-6-18-29/h3-4,7-16,26H,2,5-6,17-19H2,1H3,(H,28,31). The van der Waals surface area contributed by atoms with Gasteiger partial charge in [0.25, 0.3) is 15.9 Å². The zero-order valence-corrected chi connectivity index (χ0v) is 20.9. The highest BCUT2D eigenvalue weighted by molar-refractivity contribution is 7.92. The number of carbonyl (C=O) groups is 1. The van der Waals surface area contributed by atoms with E-state index >= 15 is 0 Å². The molecule has 1 unspecified atom stereocenters. The van der Waals surface area contributed by atoms with Crippen molar-refractivity contribution < 1.29 is 22.7 Å².